The molecule has 0 aromatic heterocycles. The molecule has 110 valence electrons. The maximum absolute atomic E-state index is 11.9. The number of rotatable bonds is 5. The molecule has 5 nitrogen and oxygen atoms in total. The Morgan fingerprint density at radius 2 is 1.79 bits per heavy atom. The number of nitrogens with one attached hydrogen (secondary N) is 2. The molecule has 1 atom stereocenters. The Bertz CT molecular complexity index is 310. The van der Waals surface area contributed by atoms with Gasteiger partial charge in [-0.2, -0.15) is 0 Å². The van der Waals surface area contributed by atoms with Crippen LogP contribution in [0.5, 0.6) is 0 Å². The van der Waals surface area contributed by atoms with E-state index in [2.05, 4.69) is 31.4 Å². The van der Waals surface area contributed by atoms with Crippen LogP contribution in [0.4, 0.5) is 4.79 Å². The minimum atomic E-state index is -0.714. The van der Waals surface area contributed by atoms with Gasteiger partial charge in [-0.3, -0.25) is 4.79 Å². The summed E-state index contributed by atoms with van der Waals surface area (Å²) in [4.78, 5) is 22.7. The van der Waals surface area contributed by atoms with Crippen molar-refractivity contribution in [1.29, 1.82) is 0 Å². The lowest BCUT2D eigenvalue weighted by atomic mass is 9.86. The fourth-order valence-electron chi connectivity index (χ4n) is 2.62. The zero-order valence-electron chi connectivity index (χ0n) is 12.1. The third-order valence-corrected chi connectivity index (χ3v) is 3.97. The first-order valence-corrected chi connectivity index (χ1v) is 7.23. The lowest BCUT2D eigenvalue weighted by Gasteiger charge is -2.28. The van der Waals surface area contributed by atoms with Gasteiger partial charge in [0, 0.05) is 12.1 Å². The van der Waals surface area contributed by atoms with Gasteiger partial charge in [0.05, 0.1) is 5.92 Å². The molecule has 0 bridgehead atoms. The number of amides is 2. The molecule has 1 saturated carbocycles. The standard InChI is InChI=1S/C14H26N2O3/c1-4-12(9(2)3)16-14(19)15-11-7-5-10(6-8-11)13(17)18/h9-12H,4-8H2,1-3H3,(H,17,18)(H2,15,16,19). The van der Waals surface area contributed by atoms with Crippen LogP contribution in [0.15, 0.2) is 0 Å². The molecule has 1 aliphatic carbocycles. The number of carboxylic acid groups (broad SMARTS) is 1. The molecule has 0 aliphatic heterocycles. The fourth-order valence-corrected chi connectivity index (χ4v) is 2.62. The summed E-state index contributed by atoms with van der Waals surface area (Å²) in [7, 11) is 0. The maximum Gasteiger partial charge on any atom is 0.315 e. The van der Waals surface area contributed by atoms with E-state index in [0.29, 0.717) is 18.8 Å². The normalized spacial score (nSPS) is 24.8. The first kappa shape index (κ1) is 15.8. The van der Waals surface area contributed by atoms with Gasteiger partial charge in [0.2, 0.25) is 0 Å². The summed E-state index contributed by atoms with van der Waals surface area (Å²) in [6.45, 7) is 6.24. The van der Waals surface area contributed by atoms with Gasteiger partial charge >= 0.3 is 12.0 Å². The number of hydrogen-bond acceptors (Lipinski definition) is 2. The Kier molecular flexibility index (Phi) is 6.12. The van der Waals surface area contributed by atoms with Crippen molar-refractivity contribution in [3.05, 3.63) is 0 Å². The van der Waals surface area contributed by atoms with Crippen molar-refractivity contribution in [3.63, 3.8) is 0 Å². The highest BCUT2D eigenvalue weighted by molar-refractivity contribution is 5.74. The summed E-state index contributed by atoms with van der Waals surface area (Å²) in [6, 6.07) is 0.176. The van der Waals surface area contributed by atoms with E-state index >= 15 is 0 Å². The first-order valence-electron chi connectivity index (χ1n) is 7.23. The minimum absolute atomic E-state index is 0.111. The van der Waals surface area contributed by atoms with Crippen molar-refractivity contribution in [3.8, 4) is 0 Å². The van der Waals surface area contributed by atoms with Gasteiger partial charge in [-0.05, 0) is 38.0 Å². The molecule has 1 aliphatic rings. The molecule has 0 aromatic rings. The van der Waals surface area contributed by atoms with E-state index in [1.165, 1.54) is 0 Å². The average molecular weight is 270 g/mol. The zero-order chi connectivity index (χ0) is 14.4. The number of urea groups is 1. The Balaban J connectivity index is 2.32. The Labute approximate surface area is 115 Å². The highest BCUT2D eigenvalue weighted by Gasteiger charge is 2.27. The van der Waals surface area contributed by atoms with Crippen molar-refractivity contribution >= 4 is 12.0 Å². The van der Waals surface area contributed by atoms with E-state index in [1.807, 2.05) is 0 Å². The molecule has 1 fully saturated rings. The van der Waals surface area contributed by atoms with Crippen molar-refractivity contribution in [2.45, 2.75) is 65.0 Å². The van der Waals surface area contributed by atoms with Crippen LogP contribution < -0.4 is 10.6 Å². The van der Waals surface area contributed by atoms with Crippen LogP contribution in [-0.4, -0.2) is 29.2 Å². The molecule has 19 heavy (non-hydrogen) atoms. The number of carboxylic acids is 1. The number of aliphatic carboxylic acids is 1. The highest BCUT2D eigenvalue weighted by atomic mass is 16.4. The molecule has 3 N–H and O–H groups in total. The molecule has 5 heteroatoms. The van der Waals surface area contributed by atoms with Gasteiger partial charge in [0.25, 0.3) is 0 Å². The summed E-state index contributed by atoms with van der Waals surface area (Å²) in [5, 5.41) is 14.9. The molecule has 0 spiro atoms. The van der Waals surface area contributed by atoms with E-state index in [4.69, 9.17) is 5.11 Å². The summed E-state index contributed by atoms with van der Waals surface area (Å²) in [5.74, 6) is -0.535. The molecular weight excluding hydrogens is 244 g/mol. The molecule has 0 aromatic carbocycles. The topological polar surface area (TPSA) is 78.4 Å². The van der Waals surface area contributed by atoms with Crippen molar-refractivity contribution < 1.29 is 14.7 Å². The SMILES string of the molecule is CCC(NC(=O)NC1CCC(C(=O)O)CC1)C(C)C. The molecule has 0 radical (unpaired) electrons. The second-order valence-corrected chi connectivity index (χ2v) is 5.76. The predicted molar refractivity (Wildman–Crippen MR) is 74.0 cm³/mol. The molecule has 2 amide bonds. The summed E-state index contributed by atoms with van der Waals surface area (Å²) < 4.78 is 0. The van der Waals surface area contributed by atoms with Gasteiger partial charge in [-0.15, -0.1) is 0 Å². The zero-order valence-corrected chi connectivity index (χ0v) is 12.1. The Morgan fingerprint density at radius 3 is 2.21 bits per heavy atom. The predicted octanol–water partition coefficient (Wildman–Crippen LogP) is 2.36. The van der Waals surface area contributed by atoms with Gasteiger partial charge in [0.15, 0.2) is 0 Å². The smallest absolute Gasteiger partial charge is 0.315 e. The van der Waals surface area contributed by atoms with Crippen LogP contribution in [0.2, 0.25) is 0 Å². The molecule has 0 heterocycles. The lowest BCUT2D eigenvalue weighted by Crippen LogP contribution is -2.48. The van der Waals surface area contributed by atoms with E-state index in [0.717, 1.165) is 19.3 Å². The molecule has 1 rings (SSSR count). The van der Waals surface area contributed by atoms with E-state index in [1.54, 1.807) is 0 Å². The average Bonchev–Trinajstić information content (AvgIpc) is 2.36. The van der Waals surface area contributed by atoms with Gasteiger partial charge in [0.1, 0.15) is 0 Å². The summed E-state index contributed by atoms with van der Waals surface area (Å²) >= 11 is 0. The number of carbonyl (C=O) groups is 2. The van der Waals surface area contributed by atoms with E-state index in [-0.39, 0.29) is 24.0 Å². The Morgan fingerprint density at radius 1 is 1.21 bits per heavy atom. The monoisotopic (exact) mass is 270 g/mol. The maximum atomic E-state index is 11.9. The van der Waals surface area contributed by atoms with Gasteiger partial charge < -0.3 is 15.7 Å². The molecular formula is C14H26N2O3. The second-order valence-electron chi connectivity index (χ2n) is 5.76. The highest BCUT2D eigenvalue weighted by Crippen LogP contribution is 2.24. The van der Waals surface area contributed by atoms with E-state index < -0.39 is 5.97 Å². The fraction of sp³-hybridized carbons (Fsp3) is 0.857. The summed E-state index contributed by atoms with van der Waals surface area (Å²) in [6.07, 6.45) is 3.73. The van der Waals surface area contributed by atoms with Crippen LogP contribution in [0, 0.1) is 11.8 Å². The second kappa shape index (κ2) is 7.36. The Hall–Kier alpha value is -1.26. The van der Waals surface area contributed by atoms with Gasteiger partial charge in [-0.1, -0.05) is 20.8 Å². The summed E-state index contributed by atoms with van der Waals surface area (Å²) in [5.41, 5.74) is 0. The molecule has 0 saturated heterocycles. The third-order valence-electron chi connectivity index (χ3n) is 3.97. The molecule has 1 unspecified atom stereocenters. The van der Waals surface area contributed by atoms with Crippen LogP contribution >= 0.6 is 0 Å². The van der Waals surface area contributed by atoms with Gasteiger partial charge in [-0.25, -0.2) is 4.79 Å². The number of hydrogen-bond donors (Lipinski definition) is 3. The first-order chi connectivity index (χ1) is 8.93. The van der Waals surface area contributed by atoms with Crippen LogP contribution in [0.1, 0.15) is 52.9 Å². The van der Waals surface area contributed by atoms with Crippen LogP contribution in [-0.2, 0) is 4.79 Å². The third kappa shape index (κ3) is 5.09. The lowest BCUT2D eigenvalue weighted by molar-refractivity contribution is -0.142. The van der Waals surface area contributed by atoms with Crippen molar-refractivity contribution in [2.75, 3.05) is 0 Å². The van der Waals surface area contributed by atoms with Crippen LogP contribution in [0.25, 0.3) is 0 Å². The largest absolute Gasteiger partial charge is 0.481 e. The van der Waals surface area contributed by atoms with Crippen LogP contribution in [0.3, 0.4) is 0 Å². The quantitative estimate of drug-likeness (QED) is 0.717. The van der Waals surface area contributed by atoms with E-state index in [9.17, 15) is 9.59 Å². The minimum Gasteiger partial charge on any atom is -0.481 e. The number of carbonyl (C=O) groups excluding carboxylic acids is 1. The van der Waals surface area contributed by atoms with Crippen molar-refractivity contribution in [2.24, 2.45) is 11.8 Å². The van der Waals surface area contributed by atoms with Crippen molar-refractivity contribution in [1.82, 2.24) is 10.6 Å².